The lowest BCUT2D eigenvalue weighted by molar-refractivity contribution is -0.119. The third-order valence-corrected chi connectivity index (χ3v) is 6.57. The first kappa shape index (κ1) is 22.6. The fourth-order valence-electron chi connectivity index (χ4n) is 2.75. The molecule has 2 heterocycles. The normalized spacial score (nSPS) is 12.0. The van der Waals surface area contributed by atoms with Crippen LogP contribution in [-0.2, 0) is 16.1 Å². The van der Waals surface area contributed by atoms with Crippen LogP contribution in [0.5, 0.6) is 0 Å². The van der Waals surface area contributed by atoms with E-state index < -0.39 is 5.91 Å². The molecular weight excluding hydrogens is 465 g/mol. The highest BCUT2D eigenvalue weighted by Crippen LogP contribution is 2.28. The molecule has 0 bridgehead atoms. The van der Waals surface area contributed by atoms with E-state index in [0.29, 0.717) is 27.6 Å². The summed E-state index contributed by atoms with van der Waals surface area (Å²) in [7, 11) is 0. The molecule has 2 aromatic heterocycles. The Bertz CT molecular complexity index is 1040. The van der Waals surface area contributed by atoms with Crippen molar-refractivity contribution in [1.82, 2.24) is 20.1 Å². The predicted molar refractivity (Wildman–Crippen MR) is 121 cm³/mol. The Morgan fingerprint density at radius 3 is 2.77 bits per heavy atom. The fourth-order valence-corrected chi connectivity index (χ4v) is 4.82. The highest BCUT2D eigenvalue weighted by Gasteiger charge is 2.18. The van der Waals surface area contributed by atoms with Gasteiger partial charge < -0.3 is 15.6 Å². The molecule has 3 N–H and O–H groups in total. The molecule has 0 radical (unpaired) electrons. The van der Waals surface area contributed by atoms with E-state index >= 15 is 0 Å². The van der Waals surface area contributed by atoms with Crippen molar-refractivity contribution < 1.29 is 9.59 Å². The van der Waals surface area contributed by atoms with Crippen molar-refractivity contribution in [3.63, 3.8) is 0 Å². The second-order valence-corrected chi connectivity index (χ2v) is 9.13. The Hall–Kier alpha value is -2.07. The third kappa shape index (κ3) is 5.75. The number of carbonyl (C=O) groups is 2. The van der Waals surface area contributed by atoms with Crippen LogP contribution in [0.25, 0.3) is 10.7 Å². The Morgan fingerprint density at radius 1 is 1.30 bits per heavy atom. The van der Waals surface area contributed by atoms with Crippen LogP contribution in [0.3, 0.4) is 0 Å². The average molecular weight is 484 g/mol. The van der Waals surface area contributed by atoms with Gasteiger partial charge in [-0.2, -0.15) is 0 Å². The molecule has 3 rings (SSSR count). The van der Waals surface area contributed by atoms with Gasteiger partial charge in [-0.3, -0.25) is 9.59 Å². The molecular formula is C19H19Cl2N5O2S2. The van der Waals surface area contributed by atoms with Crippen LogP contribution in [0.1, 0.15) is 24.9 Å². The van der Waals surface area contributed by atoms with Gasteiger partial charge in [-0.25, -0.2) is 0 Å². The van der Waals surface area contributed by atoms with Crippen molar-refractivity contribution >= 4 is 58.1 Å². The number of rotatable bonds is 9. The Morgan fingerprint density at radius 2 is 2.10 bits per heavy atom. The lowest BCUT2D eigenvalue weighted by Gasteiger charge is -2.16. The second kappa shape index (κ2) is 10.3. The van der Waals surface area contributed by atoms with E-state index in [4.69, 9.17) is 28.9 Å². The molecule has 1 unspecified atom stereocenters. The maximum absolute atomic E-state index is 12.5. The number of benzene rings is 1. The maximum atomic E-state index is 12.5. The second-order valence-electron chi connectivity index (χ2n) is 6.40. The van der Waals surface area contributed by atoms with E-state index in [1.54, 1.807) is 18.2 Å². The Labute approximate surface area is 192 Å². The van der Waals surface area contributed by atoms with Gasteiger partial charge in [-0.15, -0.1) is 21.5 Å². The largest absolute Gasteiger partial charge is 0.370 e. The monoisotopic (exact) mass is 483 g/mol. The van der Waals surface area contributed by atoms with Crippen LogP contribution >= 0.6 is 46.3 Å². The molecule has 3 aromatic rings. The summed E-state index contributed by atoms with van der Waals surface area (Å²) in [6, 6.07) is 8.72. The van der Waals surface area contributed by atoms with E-state index in [0.717, 1.165) is 10.4 Å². The molecule has 0 aliphatic carbocycles. The molecule has 11 heteroatoms. The van der Waals surface area contributed by atoms with Crippen molar-refractivity contribution in [1.29, 1.82) is 0 Å². The number of hydrogen-bond donors (Lipinski definition) is 2. The lowest BCUT2D eigenvalue weighted by Crippen LogP contribution is -2.28. The zero-order chi connectivity index (χ0) is 21.7. The molecule has 0 aliphatic heterocycles. The number of carbonyl (C=O) groups excluding carboxylic acids is 2. The summed E-state index contributed by atoms with van der Waals surface area (Å²) in [5, 5.41) is 14.9. The number of aromatic nitrogens is 3. The van der Waals surface area contributed by atoms with E-state index in [9.17, 15) is 9.59 Å². The number of thiophene rings is 1. The molecule has 0 aliphatic rings. The maximum Gasteiger partial charge on any atom is 0.230 e. The lowest BCUT2D eigenvalue weighted by atomic mass is 10.1. The SMILES string of the molecule is CC(NC(=O)CSc1nnc(-c2cccs2)n1CCC(N)=O)c1ccc(Cl)cc1Cl. The van der Waals surface area contributed by atoms with E-state index in [2.05, 4.69) is 15.5 Å². The molecule has 0 spiro atoms. The van der Waals surface area contributed by atoms with Crippen molar-refractivity contribution in [2.75, 3.05) is 5.75 Å². The van der Waals surface area contributed by atoms with Crippen LogP contribution in [-0.4, -0.2) is 32.3 Å². The van der Waals surface area contributed by atoms with Crippen LogP contribution in [0.4, 0.5) is 0 Å². The number of hydrogen-bond acceptors (Lipinski definition) is 6. The number of amides is 2. The van der Waals surface area contributed by atoms with Crippen molar-refractivity contribution in [2.24, 2.45) is 5.73 Å². The van der Waals surface area contributed by atoms with Gasteiger partial charge in [0.1, 0.15) is 0 Å². The molecule has 158 valence electrons. The molecule has 0 saturated heterocycles. The minimum Gasteiger partial charge on any atom is -0.370 e. The first-order valence-electron chi connectivity index (χ1n) is 8.97. The quantitative estimate of drug-likeness (QED) is 0.444. The van der Waals surface area contributed by atoms with Gasteiger partial charge in [0.25, 0.3) is 0 Å². The first-order valence-corrected chi connectivity index (χ1v) is 11.6. The van der Waals surface area contributed by atoms with E-state index in [-0.39, 0.29) is 24.1 Å². The van der Waals surface area contributed by atoms with Crippen LogP contribution in [0, 0.1) is 0 Å². The highest BCUT2D eigenvalue weighted by molar-refractivity contribution is 7.99. The smallest absolute Gasteiger partial charge is 0.230 e. The number of nitrogens with zero attached hydrogens (tertiary/aromatic N) is 3. The van der Waals surface area contributed by atoms with Gasteiger partial charge in [0, 0.05) is 23.0 Å². The molecule has 2 amide bonds. The van der Waals surface area contributed by atoms with Crippen molar-refractivity contribution in [3.8, 4) is 10.7 Å². The van der Waals surface area contributed by atoms with Crippen molar-refractivity contribution in [3.05, 3.63) is 51.3 Å². The molecule has 1 aromatic carbocycles. The number of thioether (sulfide) groups is 1. The minimum absolute atomic E-state index is 0.134. The minimum atomic E-state index is -0.414. The summed E-state index contributed by atoms with van der Waals surface area (Å²) in [6.07, 6.45) is 0.155. The third-order valence-electron chi connectivity index (χ3n) is 4.18. The predicted octanol–water partition coefficient (Wildman–Crippen LogP) is 4.16. The Kier molecular flexibility index (Phi) is 7.76. The van der Waals surface area contributed by atoms with Crippen LogP contribution < -0.4 is 11.1 Å². The van der Waals surface area contributed by atoms with E-state index in [1.165, 1.54) is 23.1 Å². The summed E-state index contributed by atoms with van der Waals surface area (Å²) in [5.41, 5.74) is 6.08. The standard InChI is InChI=1S/C19H19Cl2N5O2S2/c1-11(13-5-4-12(20)9-14(13)21)23-17(28)10-30-19-25-24-18(15-3-2-8-29-15)26(19)7-6-16(22)27/h2-5,8-9,11H,6-7,10H2,1H3,(H2,22,27)(H,23,28). The van der Waals surface area contributed by atoms with Gasteiger partial charge in [-0.1, -0.05) is 47.1 Å². The van der Waals surface area contributed by atoms with E-state index in [1.807, 2.05) is 29.0 Å². The van der Waals surface area contributed by atoms with Crippen molar-refractivity contribution in [2.45, 2.75) is 31.1 Å². The first-order chi connectivity index (χ1) is 14.3. The topological polar surface area (TPSA) is 103 Å². The molecule has 0 fully saturated rings. The summed E-state index contributed by atoms with van der Waals surface area (Å²) >= 11 is 14.9. The number of halogens is 2. The molecule has 0 saturated carbocycles. The summed E-state index contributed by atoms with van der Waals surface area (Å²) in [5.74, 6) is 0.189. The van der Waals surface area contributed by atoms with Gasteiger partial charge in [-0.05, 0) is 36.1 Å². The number of nitrogens with two attached hydrogens (primary N) is 1. The number of nitrogens with one attached hydrogen (secondary N) is 1. The fraction of sp³-hybridized carbons (Fsp3) is 0.263. The van der Waals surface area contributed by atoms with Gasteiger partial charge in [0.15, 0.2) is 11.0 Å². The number of primary amides is 1. The van der Waals surface area contributed by atoms with Gasteiger partial charge in [0.05, 0.1) is 16.7 Å². The summed E-state index contributed by atoms with van der Waals surface area (Å²) in [6.45, 7) is 2.19. The van der Waals surface area contributed by atoms with Gasteiger partial charge in [0.2, 0.25) is 11.8 Å². The molecule has 7 nitrogen and oxygen atoms in total. The van der Waals surface area contributed by atoms with Crippen LogP contribution in [0.15, 0.2) is 40.9 Å². The summed E-state index contributed by atoms with van der Waals surface area (Å²) in [4.78, 5) is 24.6. The molecule has 30 heavy (non-hydrogen) atoms. The highest BCUT2D eigenvalue weighted by atomic mass is 35.5. The average Bonchev–Trinajstić information content (AvgIpc) is 3.34. The zero-order valence-corrected chi connectivity index (χ0v) is 19.1. The van der Waals surface area contributed by atoms with Crippen LogP contribution in [0.2, 0.25) is 10.0 Å². The van der Waals surface area contributed by atoms with Gasteiger partial charge >= 0.3 is 0 Å². The summed E-state index contributed by atoms with van der Waals surface area (Å²) < 4.78 is 1.81. The molecule has 1 atom stereocenters. The zero-order valence-electron chi connectivity index (χ0n) is 16.0. The Balaban J connectivity index is 1.67.